The van der Waals surface area contributed by atoms with E-state index in [-0.39, 0.29) is 47.9 Å². The lowest BCUT2D eigenvalue weighted by atomic mass is 9.85. The van der Waals surface area contributed by atoms with Gasteiger partial charge in [-0.25, -0.2) is 0 Å². The lowest BCUT2D eigenvalue weighted by Gasteiger charge is -2.28. The zero-order valence-corrected chi connectivity index (χ0v) is 11.7. The van der Waals surface area contributed by atoms with E-state index in [9.17, 15) is 14.4 Å². The minimum Gasteiger partial charge on any atom is -0.378 e. The number of rotatable bonds is 2. The van der Waals surface area contributed by atoms with Crippen molar-refractivity contribution in [2.45, 2.75) is 6.42 Å². The number of carbonyl (C=O) groups excluding carboxylic acids is 3. The zero-order chi connectivity index (χ0) is 14.6. The summed E-state index contributed by atoms with van der Waals surface area (Å²) in [6, 6.07) is 0. The number of hydrogen-bond acceptors (Lipinski definition) is 4. The van der Waals surface area contributed by atoms with Crippen molar-refractivity contribution in [2.75, 3.05) is 32.8 Å². The Labute approximate surface area is 122 Å². The Balaban J connectivity index is 1.48. The van der Waals surface area contributed by atoms with Crippen LogP contribution in [0.15, 0.2) is 12.2 Å². The van der Waals surface area contributed by atoms with Crippen molar-refractivity contribution >= 4 is 17.7 Å². The van der Waals surface area contributed by atoms with E-state index in [0.717, 1.165) is 6.42 Å². The summed E-state index contributed by atoms with van der Waals surface area (Å²) in [4.78, 5) is 40.1. The third kappa shape index (κ3) is 1.85. The predicted molar refractivity (Wildman–Crippen MR) is 71.8 cm³/mol. The van der Waals surface area contributed by atoms with Gasteiger partial charge < -0.3 is 9.64 Å². The molecule has 3 amide bonds. The molecule has 2 saturated heterocycles. The summed E-state index contributed by atoms with van der Waals surface area (Å²) in [6.45, 7) is 2.01. The normalized spacial score (nSPS) is 37.5. The van der Waals surface area contributed by atoms with Crippen LogP contribution in [0.5, 0.6) is 0 Å². The van der Waals surface area contributed by atoms with E-state index in [4.69, 9.17) is 4.74 Å². The summed E-state index contributed by atoms with van der Waals surface area (Å²) in [6.07, 6.45) is 5.03. The summed E-state index contributed by atoms with van der Waals surface area (Å²) in [5, 5.41) is 0. The molecule has 2 bridgehead atoms. The molecule has 0 N–H and O–H groups in total. The molecule has 2 heterocycles. The van der Waals surface area contributed by atoms with E-state index < -0.39 is 0 Å². The standard InChI is InChI=1S/C15H18N2O4/c18-11(16-3-5-21-6-4-16)8-17-14(19)12-9-1-2-10(7-9)13(12)15(17)20/h1-2,9-10,12-13H,3-8H2/t9-,10-,12+,13+/m1/s1. The Morgan fingerprint density at radius 2 is 1.67 bits per heavy atom. The molecule has 1 saturated carbocycles. The van der Waals surface area contributed by atoms with Crippen LogP contribution in [0, 0.1) is 23.7 Å². The van der Waals surface area contributed by atoms with Gasteiger partial charge in [0.25, 0.3) is 0 Å². The van der Waals surface area contributed by atoms with Crippen molar-refractivity contribution in [3.63, 3.8) is 0 Å². The fourth-order valence-electron chi connectivity index (χ4n) is 4.17. The van der Waals surface area contributed by atoms with Gasteiger partial charge in [0.1, 0.15) is 6.54 Å². The number of hydrogen-bond donors (Lipinski definition) is 0. The lowest BCUT2D eigenvalue weighted by molar-refractivity contribution is -0.148. The van der Waals surface area contributed by atoms with Crippen LogP contribution >= 0.6 is 0 Å². The first-order valence-electron chi connectivity index (χ1n) is 7.56. The molecule has 0 spiro atoms. The maximum Gasteiger partial charge on any atom is 0.242 e. The fourth-order valence-corrected chi connectivity index (χ4v) is 4.17. The number of imide groups is 1. The molecule has 6 heteroatoms. The van der Waals surface area contributed by atoms with E-state index in [1.807, 2.05) is 0 Å². The molecule has 0 aromatic heterocycles. The second-order valence-electron chi connectivity index (χ2n) is 6.26. The third-order valence-corrected chi connectivity index (χ3v) is 5.22. The van der Waals surface area contributed by atoms with Gasteiger partial charge in [-0.15, -0.1) is 0 Å². The molecule has 0 radical (unpaired) electrons. The van der Waals surface area contributed by atoms with Crippen LogP contribution in [-0.4, -0.2) is 60.4 Å². The van der Waals surface area contributed by atoms with Crippen LogP contribution in [0.4, 0.5) is 0 Å². The van der Waals surface area contributed by atoms with Gasteiger partial charge in [-0.05, 0) is 18.3 Å². The van der Waals surface area contributed by atoms with Crippen molar-refractivity contribution in [1.82, 2.24) is 9.80 Å². The SMILES string of the molecule is O=C(CN1C(=O)[C@@H]2[C@@H](C1=O)[C@@H]1C=C[C@@H]2C1)N1CCOCC1. The number of fused-ring (bicyclic) bond motifs is 5. The summed E-state index contributed by atoms with van der Waals surface area (Å²) in [5.41, 5.74) is 0. The first kappa shape index (κ1) is 13.0. The molecule has 4 aliphatic rings. The Bertz CT molecular complexity index is 508. The zero-order valence-electron chi connectivity index (χ0n) is 11.7. The maximum absolute atomic E-state index is 12.5. The van der Waals surface area contributed by atoms with Gasteiger partial charge in [-0.2, -0.15) is 0 Å². The Morgan fingerprint density at radius 1 is 1.10 bits per heavy atom. The summed E-state index contributed by atoms with van der Waals surface area (Å²) >= 11 is 0. The first-order chi connectivity index (χ1) is 10.2. The van der Waals surface area contributed by atoms with E-state index in [1.165, 1.54) is 4.90 Å². The molecule has 21 heavy (non-hydrogen) atoms. The van der Waals surface area contributed by atoms with Gasteiger partial charge in [0, 0.05) is 13.1 Å². The number of likely N-dealkylation sites (tertiary alicyclic amines) is 1. The molecule has 0 aromatic carbocycles. The van der Waals surface area contributed by atoms with Crippen molar-refractivity contribution < 1.29 is 19.1 Å². The number of morpholine rings is 1. The molecule has 3 fully saturated rings. The molecule has 112 valence electrons. The predicted octanol–water partition coefficient (Wildman–Crippen LogP) is -0.348. The number of ether oxygens (including phenoxy) is 1. The van der Waals surface area contributed by atoms with E-state index in [0.29, 0.717) is 26.3 Å². The second-order valence-corrected chi connectivity index (χ2v) is 6.26. The van der Waals surface area contributed by atoms with Crippen molar-refractivity contribution in [2.24, 2.45) is 23.7 Å². The molecule has 0 unspecified atom stereocenters. The summed E-state index contributed by atoms with van der Waals surface area (Å²) in [5.74, 6) is -0.498. The highest BCUT2D eigenvalue weighted by atomic mass is 16.5. The van der Waals surface area contributed by atoms with Gasteiger partial charge >= 0.3 is 0 Å². The Kier molecular flexibility index (Phi) is 2.89. The molecular weight excluding hydrogens is 272 g/mol. The topological polar surface area (TPSA) is 66.9 Å². The van der Waals surface area contributed by atoms with Crippen LogP contribution in [-0.2, 0) is 19.1 Å². The molecule has 2 aliphatic heterocycles. The van der Waals surface area contributed by atoms with Gasteiger partial charge in [0.15, 0.2) is 0 Å². The number of carbonyl (C=O) groups is 3. The van der Waals surface area contributed by atoms with Crippen LogP contribution < -0.4 is 0 Å². The molecule has 4 atom stereocenters. The smallest absolute Gasteiger partial charge is 0.242 e. The highest BCUT2D eigenvalue weighted by Crippen LogP contribution is 2.52. The molecule has 4 rings (SSSR count). The minimum atomic E-state index is -0.218. The van der Waals surface area contributed by atoms with Gasteiger partial charge in [0.05, 0.1) is 25.0 Å². The summed E-state index contributed by atoms with van der Waals surface area (Å²) in [7, 11) is 0. The lowest BCUT2D eigenvalue weighted by Crippen LogP contribution is -2.47. The second kappa shape index (κ2) is 4.66. The van der Waals surface area contributed by atoms with Crippen LogP contribution in [0.1, 0.15) is 6.42 Å². The summed E-state index contributed by atoms with van der Waals surface area (Å²) < 4.78 is 5.21. The highest BCUT2D eigenvalue weighted by Gasteiger charge is 2.59. The molecule has 0 aromatic rings. The van der Waals surface area contributed by atoms with E-state index >= 15 is 0 Å². The Morgan fingerprint density at radius 3 is 2.24 bits per heavy atom. The van der Waals surface area contributed by atoms with E-state index in [2.05, 4.69) is 12.2 Å². The number of allylic oxidation sites excluding steroid dienone is 2. The maximum atomic E-state index is 12.5. The fraction of sp³-hybridized carbons (Fsp3) is 0.667. The first-order valence-corrected chi connectivity index (χ1v) is 7.56. The van der Waals surface area contributed by atoms with Gasteiger partial charge in [-0.3, -0.25) is 19.3 Å². The quantitative estimate of drug-likeness (QED) is 0.515. The molecule has 6 nitrogen and oxygen atoms in total. The van der Waals surface area contributed by atoms with Gasteiger partial charge in [0.2, 0.25) is 17.7 Å². The van der Waals surface area contributed by atoms with Crippen molar-refractivity contribution in [1.29, 1.82) is 0 Å². The molecule has 2 aliphatic carbocycles. The van der Waals surface area contributed by atoms with E-state index in [1.54, 1.807) is 4.90 Å². The van der Waals surface area contributed by atoms with Crippen molar-refractivity contribution in [3.05, 3.63) is 12.2 Å². The van der Waals surface area contributed by atoms with Crippen LogP contribution in [0.2, 0.25) is 0 Å². The Hall–Kier alpha value is -1.69. The van der Waals surface area contributed by atoms with Crippen LogP contribution in [0.25, 0.3) is 0 Å². The van der Waals surface area contributed by atoms with Crippen LogP contribution in [0.3, 0.4) is 0 Å². The monoisotopic (exact) mass is 290 g/mol. The third-order valence-electron chi connectivity index (χ3n) is 5.22. The average molecular weight is 290 g/mol. The molecular formula is C15H18N2O4. The number of amides is 3. The van der Waals surface area contributed by atoms with Crippen molar-refractivity contribution in [3.8, 4) is 0 Å². The average Bonchev–Trinajstić information content (AvgIpc) is 3.18. The highest BCUT2D eigenvalue weighted by molar-refractivity contribution is 6.08. The van der Waals surface area contributed by atoms with Gasteiger partial charge in [-0.1, -0.05) is 12.2 Å². The number of nitrogens with zero attached hydrogens (tertiary/aromatic N) is 2. The minimum absolute atomic E-state index is 0.107. The largest absolute Gasteiger partial charge is 0.378 e.